The first-order valence-corrected chi connectivity index (χ1v) is 5.31. The minimum absolute atomic E-state index is 0.592. The molecule has 1 atom stereocenters. The molecule has 1 unspecified atom stereocenters. The molecular weight excluding hydrogens is 146 g/mol. The van der Waals surface area contributed by atoms with E-state index in [4.69, 9.17) is 0 Å². The van der Waals surface area contributed by atoms with Gasteiger partial charge in [0.05, 0.1) is 0 Å². The lowest BCUT2D eigenvalue weighted by Crippen LogP contribution is -2.29. The zero-order chi connectivity index (χ0) is 9.19. The van der Waals surface area contributed by atoms with Crippen LogP contribution < -0.4 is 0 Å². The van der Waals surface area contributed by atoms with E-state index in [2.05, 4.69) is 32.6 Å². The van der Waals surface area contributed by atoms with Gasteiger partial charge < -0.3 is 4.90 Å². The van der Waals surface area contributed by atoms with Crippen LogP contribution in [0, 0.1) is 11.3 Å². The van der Waals surface area contributed by atoms with Crippen LogP contribution in [-0.2, 0) is 0 Å². The van der Waals surface area contributed by atoms with Crippen LogP contribution in [0.1, 0.15) is 40.5 Å². The Labute approximate surface area is 77.1 Å². The van der Waals surface area contributed by atoms with Crippen molar-refractivity contribution in [3.63, 3.8) is 0 Å². The quantitative estimate of drug-likeness (QED) is 0.628. The predicted molar refractivity (Wildman–Crippen MR) is 54.3 cm³/mol. The highest BCUT2D eigenvalue weighted by Gasteiger charge is 2.35. The fourth-order valence-corrected chi connectivity index (χ4v) is 2.06. The molecule has 1 nitrogen and oxygen atoms in total. The van der Waals surface area contributed by atoms with Crippen molar-refractivity contribution in [2.24, 2.45) is 11.3 Å². The molecule has 0 radical (unpaired) electrons. The van der Waals surface area contributed by atoms with Crippen molar-refractivity contribution in [3.8, 4) is 0 Å². The SMILES string of the molecule is CCCN1CCC(C)(C(C)C)C1. The van der Waals surface area contributed by atoms with Crippen molar-refractivity contribution in [1.29, 1.82) is 0 Å². The lowest BCUT2D eigenvalue weighted by atomic mass is 9.78. The van der Waals surface area contributed by atoms with E-state index >= 15 is 0 Å². The average Bonchev–Trinajstić information content (AvgIpc) is 2.34. The Morgan fingerprint density at radius 2 is 2.08 bits per heavy atom. The number of likely N-dealkylation sites (tertiary alicyclic amines) is 1. The van der Waals surface area contributed by atoms with Crippen LogP contribution in [-0.4, -0.2) is 24.5 Å². The van der Waals surface area contributed by atoms with Gasteiger partial charge in [0.25, 0.3) is 0 Å². The van der Waals surface area contributed by atoms with Crippen molar-refractivity contribution < 1.29 is 0 Å². The fraction of sp³-hybridized carbons (Fsp3) is 1.00. The molecule has 0 N–H and O–H groups in total. The first kappa shape index (κ1) is 10.0. The fourth-order valence-electron chi connectivity index (χ4n) is 2.06. The first-order valence-electron chi connectivity index (χ1n) is 5.31. The molecule has 1 rings (SSSR count). The molecule has 0 aromatic rings. The molecule has 0 aromatic heterocycles. The van der Waals surface area contributed by atoms with Crippen molar-refractivity contribution in [2.75, 3.05) is 19.6 Å². The lowest BCUT2D eigenvalue weighted by molar-refractivity contribution is 0.210. The molecule has 0 amide bonds. The second-order valence-corrected chi connectivity index (χ2v) is 4.83. The molecule has 0 saturated carbocycles. The summed E-state index contributed by atoms with van der Waals surface area (Å²) in [7, 11) is 0. The standard InChI is InChI=1S/C11H23N/c1-5-7-12-8-6-11(4,9-12)10(2)3/h10H,5-9H2,1-4H3. The Morgan fingerprint density at radius 1 is 1.42 bits per heavy atom. The first-order chi connectivity index (χ1) is 5.58. The summed E-state index contributed by atoms with van der Waals surface area (Å²) >= 11 is 0. The van der Waals surface area contributed by atoms with Gasteiger partial charge in [-0.25, -0.2) is 0 Å². The number of hydrogen-bond acceptors (Lipinski definition) is 1. The van der Waals surface area contributed by atoms with Crippen LogP contribution in [0.3, 0.4) is 0 Å². The zero-order valence-corrected chi connectivity index (χ0v) is 9.06. The molecule has 1 aliphatic rings. The van der Waals surface area contributed by atoms with Crippen LogP contribution in [0.15, 0.2) is 0 Å². The highest BCUT2D eigenvalue weighted by molar-refractivity contribution is 4.88. The van der Waals surface area contributed by atoms with E-state index in [1.165, 1.54) is 32.5 Å². The van der Waals surface area contributed by atoms with E-state index in [1.54, 1.807) is 0 Å². The van der Waals surface area contributed by atoms with Gasteiger partial charge in [-0.1, -0.05) is 27.7 Å². The number of hydrogen-bond donors (Lipinski definition) is 0. The maximum atomic E-state index is 2.61. The van der Waals surface area contributed by atoms with Crippen molar-refractivity contribution in [2.45, 2.75) is 40.5 Å². The molecular formula is C11H23N. The Bertz CT molecular complexity index is 142. The molecule has 1 aliphatic heterocycles. The Hall–Kier alpha value is -0.0400. The molecule has 0 bridgehead atoms. The monoisotopic (exact) mass is 169 g/mol. The molecule has 72 valence electrons. The summed E-state index contributed by atoms with van der Waals surface area (Å²) in [5.74, 6) is 0.833. The molecule has 0 aliphatic carbocycles. The predicted octanol–water partition coefficient (Wildman–Crippen LogP) is 2.76. The second-order valence-electron chi connectivity index (χ2n) is 4.83. The molecule has 1 heteroatoms. The lowest BCUT2D eigenvalue weighted by Gasteiger charge is -2.28. The number of rotatable bonds is 3. The van der Waals surface area contributed by atoms with E-state index in [0.29, 0.717) is 5.41 Å². The molecule has 0 spiro atoms. The van der Waals surface area contributed by atoms with Gasteiger partial charge in [-0.05, 0) is 37.3 Å². The van der Waals surface area contributed by atoms with Crippen LogP contribution in [0.25, 0.3) is 0 Å². The van der Waals surface area contributed by atoms with E-state index < -0.39 is 0 Å². The smallest absolute Gasteiger partial charge is 0.00383 e. The molecule has 1 heterocycles. The highest BCUT2D eigenvalue weighted by Crippen LogP contribution is 2.36. The van der Waals surface area contributed by atoms with Gasteiger partial charge in [-0.3, -0.25) is 0 Å². The summed E-state index contributed by atoms with van der Waals surface area (Å²) in [5.41, 5.74) is 0.592. The second kappa shape index (κ2) is 3.78. The topological polar surface area (TPSA) is 3.24 Å². The summed E-state index contributed by atoms with van der Waals surface area (Å²) in [6.07, 6.45) is 2.69. The third-order valence-corrected chi connectivity index (χ3v) is 3.52. The third-order valence-electron chi connectivity index (χ3n) is 3.52. The summed E-state index contributed by atoms with van der Waals surface area (Å²) in [6.45, 7) is 13.4. The van der Waals surface area contributed by atoms with E-state index in [0.717, 1.165) is 5.92 Å². The molecule has 0 aromatic carbocycles. The Kier molecular flexibility index (Phi) is 3.16. The van der Waals surface area contributed by atoms with Crippen LogP contribution in [0.2, 0.25) is 0 Å². The maximum absolute atomic E-state index is 2.61. The van der Waals surface area contributed by atoms with Gasteiger partial charge in [0.15, 0.2) is 0 Å². The molecule has 1 saturated heterocycles. The normalized spacial score (nSPS) is 31.8. The van der Waals surface area contributed by atoms with Crippen LogP contribution >= 0.6 is 0 Å². The maximum Gasteiger partial charge on any atom is 0.00383 e. The minimum atomic E-state index is 0.592. The minimum Gasteiger partial charge on any atom is -0.303 e. The summed E-state index contributed by atoms with van der Waals surface area (Å²) in [5, 5.41) is 0. The van der Waals surface area contributed by atoms with Crippen molar-refractivity contribution in [3.05, 3.63) is 0 Å². The van der Waals surface area contributed by atoms with E-state index in [1.807, 2.05) is 0 Å². The molecule has 1 fully saturated rings. The van der Waals surface area contributed by atoms with Crippen molar-refractivity contribution >= 4 is 0 Å². The van der Waals surface area contributed by atoms with E-state index in [-0.39, 0.29) is 0 Å². The Morgan fingerprint density at radius 3 is 2.50 bits per heavy atom. The van der Waals surface area contributed by atoms with Crippen molar-refractivity contribution in [1.82, 2.24) is 4.90 Å². The van der Waals surface area contributed by atoms with Gasteiger partial charge in [0, 0.05) is 6.54 Å². The van der Waals surface area contributed by atoms with Crippen LogP contribution in [0.5, 0.6) is 0 Å². The zero-order valence-electron chi connectivity index (χ0n) is 9.06. The summed E-state index contributed by atoms with van der Waals surface area (Å²) < 4.78 is 0. The average molecular weight is 169 g/mol. The van der Waals surface area contributed by atoms with Gasteiger partial charge in [-0.15, -0.1) is 0 Å². The van der Waals surface area contributed by atoms with Gasteiger partial charge in [0.2, 0.25) is 0 Å². The van der Waals surface area contributed by atoms with Gasteiger partial charge in [-0.2, -0.15) is 0 Å². The summed E-state index contributed by atoms with van der Waals surface area (Å²) in [4.78, 5) is 2.61. The highest BCUT2D eigenvalue weighted by atomic mass is 15.2. The van der Waals surface area contributed by atoms with E-state index in [9.17, 15) is 0 Å². The van der Waals surface area contributed by atoms with Crippen LogP contribution in [0.4, 0.5) is 0 Å². The molecule has 12 heavy (non-hydrogen) atoms. The largest absolute Gasteiger partial charge is 0.303 e. The summed E-state index contributed by atoms with van der Waals surface area (Å²) in [6, 6.07) is 0. The number of nitrogens with zero attached hydrogens (tertiary/aromatic N) is 1. The Balaban J connectivity index is 2.43. The van der Waals surface area contributed by atoms with Gasteiger partial charge >= 0.3 is 0 Å². The third kappa shape index (κ3) is 2.01. The van der Waals surface area contributed by atoms with Gasteiger partial charge in [0.1, 0.15) is 0 Å².